The summed E-state index contributed by atoms with van der Waals surface area (Å²) in [4.78, 5) is 24.6. The number of hydrogen-bond donors (Lipinski definition) is 1. The lowest BCUT2D eigenvalue weighted by molar-refractivity contribution is 0.0734. The zero-order valence-electron chi connectivity index (χ0n) is 11.3. The molecular formula is C13H16N6O. The fourth-order valence-electron chi connectivity index (χ4n) is 2.26. The van der Waals surface area contributed by atoms with E-state index >= 15 is 0 Å². The molecule has 0 spiro atoms. The number of aryl methyl sites for hydroxylation is 1. The Balaban J connectivity index is 1.63. The molecule has 3 heterocycles. The third kappa shape index (κ3) is 2.47. The van der Waals surface area contributed by atoms with E-state index in [0.29, 0.717) is 18.9 Å². The maximum atomic E-state index is 12.2. The molecule has 1 aliphatic rings. The van der Waals surface area contributed by atoms with E-state index in [-0.39, 0.29) is 11.7 Å². The molecule has 0 unspecified atom stereocenters. The van der Waals surface area contributed by atoms with Gasteiger partial charge in [0.15, 0.2) is 0 Å². The Morgan fingerprint density at radius 1 is 1.25 bits per heavy atom. The van der Waals surface area contributed by atoms with Crippen molar-refractivity contribution in [3.63, 3.8) is 0 Å². The highest BCUT2D eigenvalue weighted by atomic mass is 16.2. The van der Waals surface area contributed by atoms with Crippen LogP contribution in [-0.4, -0.2) is 57.2 Å². The zero-order chi connectivity index (χ0) is 13.9. The van der Waals surface area contributed by atoms with Crippen molar-refractivity contribution in [1.82, 2.24) is 25.1 Å². The van der Waals surface area contributed by atoms with Crippen molar-refractivity contribution in [2.45, 2.75) is 6.92 Å². The molecule has 0 aromatic carbocycles. The second-order valence-corrected chi connectivity index (χ2v) is 4.71. The molecule has 20 heavy (non-hydrogen) atoms. The standard InChI is InChI=1S/C13H16N6O/c1-10-15-12(17-16-10)13(20)19-8-6-18(7-9-19)11-4-2-3-5-14-11/h2-5H,6-9H2,1H3,(H,15,16,17). The number of nitrogens with zero attached hydrogens (tertiary/aromatic N) is 5. The Labute approximate surface area is 116 Å². The SMILES string of the molecule is Cc1nc(C(=O)N2CCN(c3ccccn3)CC2)n[nH]1. The number of anilines is 1. The second kappa shape index (κ2) is 5.28. The largest absolute Gasteiger partial charge is 0.353 e. The number of carbonyl (C=O) groups is 1. The predicted molar refractivity (Wildman–Crippen MR) is 73.5 cm³/mol. The maximum Gasteiger partial charge on any atom is 0.293 e. The summed E-state index contributed by atoms with van der Waals surface area (Å²) in [5.74, 6) is 1.73. The number of rotatable bonds is 2. The smallest absolute Gasteiger partial charge is 0.293 e. The Hall–Kier alpha value is -2.44. The van der Waals surface area contributed by atoms with Crippen molar-refractivity contribution in [3.8, 4) is 0 Å². The second-order valence-electron chi connectivity index (χ2n) is 4.71. The van der Waals surface area contributed by atoms with Crippen LogP contribution < -0.4 is 4.90 Å². The third-order valence-electron chi connectivity index (χ3n) is 3.33. The quantitative estimate of drug-likeness (QED) is 0.860. The molecule has 1 aliphatic heterocycles. The van der Waals surface area contributed by atoms with Crippen LogP contribution in [0.25, 0.3) is 0 Å². The van der Waals surface area contributed by atoms with E-state index in [1.165, 1.54) is 0 Å². The van der Waals surface area contributed by atoms with E-state index in [1.54, 1.807) is 18.0 Å². The van der Waals surface area contributed by atoms with Crippen molar-refractivity contribution in [2.75, 3.05) is 31.1 Å². The number of H-pyrrole nitrogens is 1. The van der Waals surface area contributed by atoms with Crippen LogP contribution >= 0.6 is 0 Å². The van der Waals surface area contributed by atoms with Crippen molar-refractivity contribution in [1.29, 1.82) is 0 Å². The van der Waals surface area contributed by atoms with Crippen molar-refractivity contribution in [2.24, 2.45) is 0 Å². The number of aromatic nitrogens is 4. The summed E-state index contributed by atoms with van der Waals surface area (Å²) >= 11 is 0. The number of nitrogens with one attached hydrogen (secondary N) is 1. The van der Waals surface area contributed by atoms with E-state index in [2.05, 4.69) is 25.1 Å². The fraction of sp³-hybridized carbons (Fsp3) is 0.385. The molecule has 0 aliphatic carbocycles. The van der Waals surface area contributed by atoms with Gasteiger partial charge in [0.1, 0.15) is 11.6 Å². The zero-order valence-corrected chi connectivity index (χ0v) is 11.3. The van der Waals surface area contributed by atoms with Gasteiger partial charge in [-0.15, -0.1) is 5.10 Å². The molecule has 1 amide bonds. The molecule has 2 aromatic heterocycles. The van der Waals surface area contributed by atoms with Crippen LogP contribution in [-0.2, 0) is 0 Å². The van der Waals surface area contributed by atoms with Gasteiger partial charge in [-0.3, -0.25) is 9.89 Å². The Morgan fingerprint density at radius 3 is 2.65 bits per heavy atom. The van der Waals surface area contributed by atoms with E-state index in [0.717, 1.165) is 18.9 Å². The van der Waals surface area contributed by atoms with Crippen molar-refractivity contribution in [3.05, 3.63) is 36.0 Å². The normalized spacial score (nSPS) is 15.4. The minimum atomic E-state index is -0.116. The van der Waals surface area contributed by atoms with Gasteiger partial charge in [0.05, 0.1) is 0 Å². The number of aromatic amines is 1. The molecule has 104 valence electrons. The molecule has 2 aromatic rings. The van der Waals surface area contributed by atoms with Gasteiger partial charge in [0.25, 0.3) is 5.91 Å². The number of piperazine rings is 1. The lowest BCUT2D eigenvalue weighted by Gasteiger charge is -2.34. The molecule has 7 heteroatoms. The van der Waals surface area contributed by atoms with Gasteiger partial charge >= 0.3 is 0 Å². The average Bonchev–Trinajstić information content (AvgIpc) is 2.94. The summed E-state index contributed by atoms with van der Waals surface area (Å²) in [6.45, 7) is 4.63. The summed E-state index contributed by atoms with van der Waals surface area (Å²) in [5.41, 5.74) is 0. The summed E-state index contributed by atoms with van der Waals surface area (Å²) in [6.07, 6.45) is 1.78. The summed E-state index contributed by atoms with van der Waals surface area (Å²) in [7, 11) is 0. The molecule has 1 fully saturated rings. The number of amides is 1. The Kier molecular flexibility index (Phi) is 3.32. The molecular weight excluding hydrogens is 256 g/mol. The minimum absolute atomic E-state index is 0.116. The first kappa shape index (κ1) is 12.6. The average molecular weight is 272 g/mol. The van der Waals surface area contributed by atoms with E-state index in [4.69, 9.17) is 0 Å². The highest BCUT2D eigenvalue weighted by Gasteiger charge is 2.24. The molecule has 1 N–H and O–H groups in total. The summed E-state index contributed by atoms with van der Waals surface area (Å²) in [6, 6.07) is 5.85. The first-order valence-electron chi connectivity index (χ1n) is 6.58. The molecule has 3 rings (SSSR count). The van der Waals surface area contributed by atoms with Crippen LogP contribution in [0.2, 0.25) is 0 Å². The van der Waals surface area contributed by atoms with Gasteiger partial charge in [0, 0.05) is 32.4 Å². The number of pyridine rings is 1. The molecule has 0 atom stereocenters. The highest BCUT2D eigenvalue weighted by molar-refractivity contribution is 5.90. The summed E-state index contributed by atoms with van der Waals surface area (Å²) < 4.78 is 0. The molecule has 0 radical (unpaired) electrons. The van der Waals surface area contributed by atoms with Crippen LogP contribution in [0.3, 0.4) is 0 Å². The van der Waals surface area contributed by atoms with Crippen LogP contribution in [0.1, 0.15) is 16.4 Å². The van der Waals surface area contributed by atoms with Crippen molar-refractivity contribution >= 4 is 11.7 Å². The summed E-state index contributed by atoms with van der Waals surface area (Å²) in [5, 5.41) is 6.61. The Bertz CT molecular complexity index is 588. The van der Waals surface area contributed by atoms with Gasteiger partial charge < -0.3 is 9.80 Å². The van der Waals surface area contributed by atoms with E-state index < -0.39 is 0 Å². The molecule has 0 bridgehead atoms. The monoisotopic (exact) mass is 272 g/mol. The fourth-order valence-corrected chi connectivity index (χ4v) is 2.26. The topological polar surface area (TPSA) is 78.0 Å². The van der Waals surface area contributed by atoms with Gasteiger partial charge in [-0.2, -0.15) is 0 Å². The molecule has 0 saturated carbocycles. The first-order valence-corrected chi connectivity index (χ1v) is 6.58. The van der Waals surface area contributed by atoms with E-state index in [9.17, 15) is 4.79 Å². The third-order valence-corrected chi connectivity index (χ3v) is 3.33. The van der Waals surface area contributed by atoms with Gasteiger partial charge in [0.2, 0.25) is 5.82 Å². The van der Waals surface area contributed by atoms with Crippen molar-refractivity contribution < 1.29 is 4.79 Å². The molecule has 7 nitrogen and oxygen atoms in total. The first-order chi connectivity index (χ1) is 9.74. The predicted octanol–water partition coefficient (Wildman–Crippen LogP) is 0.471. The van der Waals surface area contributed by atoms with Crippen LogP contribution in [0.15, 0.2) is 24.4 Å². The maximum absolute atomic E-state index is 12.2. The Morgan fingerprint density at radius 2 is 2.05 bits per heavy atom. The van der Waals surface area contributed by atoms with Gasteiger partial charge in [-0.25, -0.2) is 9.97 Å². The molecule has 1 saturated heterocycles. The van der Waals surface area contributed by atoms with E-state index in [1.807, 2.05) is 18.2 Å². The minimum Gasteiger partial charge on any atom is -0.353 e. The number of carbonyl (C=O) groups excluding carboxylic acids is 1. The van der Waals surface area contributed by atoms with Crippen LogP contribution in [0, 0.1) is 6.92 Å². The van der Waals surface area contributed by atoms with Crippen LogP contribution in [0.5, 0.6) is 0 Å². The number of hydrogen-bond acceptors (Lipinski definition) is 5. The lowest BCUT2D eigenvalue weighted by atomic mass is 10.3. The highest BCUT2D eigenvalue weighted by Crippen LogP contribution is 2.13. The van der Waals surface area contributed by atoms with Gasteiger partial charge in [-0.1, -0.05) is 6.07 Å². The van der Waals surface area contributed by atoms with Crippen LogP contribution in [0.4, 0.5) is 5.82 Å². The lowest BCUT2D eigenvalue weighted by Crippen LogP contribution is -2.49. The van der Waals surface area contributed by atoms with Gasteiger partial charge in [-0.05, 0) is 19.1 Å².